The van der Waals surface area contributed by atoms with Crippen molar-refractivity contribution in [3.05, 3.63) is 72.6 Å². The van der Waals surface area contributed by atoms with E-state index < -0.39 is 0 Å². The predicted molar refractivity (Wildman–Crippen MR) is 130 cm³/mol. The molecule has 8 nitrogen and oxygen atoms in total. The van der Waals surface area contributed by atoms with Gasteiger partial charge in [0.25, 0.3) is 0 Å². The highest BCUT2D eigenvalue weighted by atomic mass is 32.2. The van der Waals surface area contributed by atoms with Crippen LogP contribution < -0.4 is 0 Å². The Morgan fingerprint density at radius 2 is 1.74 bits per heavy atom. The highest BCUT2D eigenvalue weighted by Crippen LogP contribution is 2.19. The van der Waals surface area contributed by atoms with Gasteiger partial charge in [0.05, 0.1) is 23.7 Å². The van der Waals surface area contributed by atoms with Crippen LogP contribution in [0.2, 0.25) is 0 Å². The molecule has 1 aliphatic rings. The van der Waals surface area contributed by atoms with Crippen LogP contribution in [0.3, 0.4) is 0 Å². The largest absolute Gasteiger partial charge is 0.460 e. The van der Waals surface area contributed by atoms with Crippen molar-refractivity contribution in [2.24, 2.45) is 0 Å². The Labute approximate surface area is 203 Å². The third kappa shape index (κ3) is 7.10. The van der Waals surface area contributed by atoms with E-state index in [1.807, 2.05) is 64.4 Å². The maximum absolute atomic E-state index is 12.8. The van der Waals surface area contributed by atoms with Gasteiger partial charge >= 0.3 is 5.97 Å². The van der Waals surface area contributed by atoms with Crippen LogP contribution in [0.5, 0.6) is 0 Å². The molecule has 0 N–H and O–H groups in total. The van der Waals surface area contributed by atoms with Crippen LogP contribution >= 0.6 is 11.8 Å². The molecule has 1 saturated heterocycles. The van der Waals surface area contributed by atoms with Crippen molar-refractivity contribution in [2.75, 3.05) is 38.5 Å². The monoisotopic (exact) mass is 477 g/mol. The van der Waals surface area contributed by atoms with Gasteiger partial charge in [0.1, 0.15) is 6.61 Å². The minimum absolute atomic E-state index is 0.0466. The lowest BCUT2D eigenvalue weighted by Crippen LogP contribution is -2.37. The minimum Gasteiger partial charge on any atom is -0.460 e. The van der Waals surface area contributed by atoms with Gasteiger partial charge < -0.3 is 9.64 Å². The number of amides is 1. The zero-order valence-corrected chi connectivity index (χ0v) is 19.7. The van der Waals surface area contributed by atoms with Crippen molar-refractivity contribution in [3.63, 3.8) is 0 Å². The van der Waals surface area contributed by atoms with Gasteiger partial charge in [-0.2, -0.15) is 0 Å². The molecule has 0 aliphatic carbocycles. The molecule has 1 fully saturated rings. The average Bonchev–Trinajstić information content (AvgIpc) is 3.13. The van der Waals surface area contributed by atoms with Crippen molar-refractivity contribution in [1.29, 1.82) is 0 Å². The molecule has 1 aromatic carbocycles. The van der Waals surface area contributed by atoms with Gasteiger partial charge in [0.2, 0.25) is 5.91 Å². The number of rotatable bonds is 8. The van der Waals surface area contributed by atoms with E-state index in [0.29, 0.717) is 24.8 Å². The minimum atomic E-state index is -0.246. The number of nitrogens with zero attached hydrogens (tertiary/aromatic N) is 5. The summed E-state index contributed by atoms with van der Waals surface area (Å²) in [5.41, 5.74) is 2.47. The molecule has 1 aliphatic heterocycles. The molecule has 176 valence electrons. The van der Waals surface area contributed by atoms with Gasteiger partial charge in [-0.3, -0.25) is 19.5 Å². The maximum Gasteiger partial charge on any atom is 0.320 e. The number of hydrogen-bond acceptors (Lipinski definition) is 8. The van der Waals surface area contributed by atoms with E-state index in [2.05, 4.69) is 15.0 Å². The van der Waals surface area contributed by atoms with E-state index in [9.17, 15) is 9.59 Å². The standard InChI is InChI=1S/C25H27N5O3S/c31-23(19-34-25-27-12-10-22(28-25)21-9-4-5-11-26-21)30-14-6-13-29(15-16-30)17-24(32)33-18-20-7-2-1-3-8-20/h1-5,7-12H,6,13-19H2. The first kappa shape index (κ1) is 23.8. The Morgan fingerprint density at radius 1 is 0.882 bits per heavy atom. The highest BCUT2D eigenvalue weighted by Gasteiger charge is 2.21. The molecule has 9 heteroatoms. The molecular formula is C25H27N5O3S. The van der Waals surface area contributed by atoms with Gasteiger partial charge in [0, 0.05) is 38.6 Å². The molecule has 3 aromatic rings. The van der Waals surface area contributed by atoms with Gasteiger partial charge in [-0.05, 0) is 30.2 Å². The first-order valence-electron chi connectivity index (χ1n) is 11.2. The Morgan fingerprint density at radius 3 is 2.56 bits per heavy atom. The van der Waals surface area contributed by atoms with Gasteiger partial charge in [-0.25, -0.2) is 9.97 Å². The number of benzene rings is 1. The van der Waals surface area contributed by atoms with E-state index in [4.69, 9.17) is 4.74 Å². The fourth-order valence-corrected chi connectivity index (χ4v) is 4.36. The van der Waals surface area contributed by atoms with Crippen LogP contribution in [0.25, 0.3) is 11.4 Å². The lowest BCUT2D eigenvalue weighted by Gasteiger charge is -2.21. The van der Waals surface area contributed by atoms with E-state index in [1.54, 1.807) is 12.4 Å². The first-order valence-corrected chi connectivity index (χ1v) is 12.2. The zero-order chi connectivity index (χ0) is 23.6. The molecule has 0 atom stereocenters. The number of ether oxygens (including phenoxy) is 1. The third-order valence-corrected chi connectivity index (χ3v) is 6.27. The predicted octanol–water partition coefficient (Wildman–Crippen LogP) is 2.91. The van der Waals surface area contributed by atoms with Gasteiger partial charge in [-0.15, -0.1) is 0 Å². The van der Waals surface area contributed by atoms with Crippen molar-refractivity contribution >= 4 is 23.6 Å². The number of aromatic nitrogens is 3. The molecule has 1 amide bonds. The molecule has 3 heterocycles. The lowest BCUT2D eigenvalue weighted by molar-refractivity contribution is -0.146. The van der Waals surface area contributed by atoms with Gasteiger partial charge in [-0.1, -0.05) is 48.2 Å². The summed E-state index contributed by atoms with van der Waals surface area (Å²) in [6, 6.07) is 17.1. The van der Waals surface area contributed by atoms with Crippen LogP contribution in [0, 0.1) is 0 Å². The second kappa shape index (κ2) is 12.2. The topological polar surface area (TPSA) is 88.5 Å². The number of thioether (sulfide) groups is 1. The molecular weight excluding hydrogens is 450 g/mol. The zero-order valence-electron chi connectivity index (χ0n) is 18.9. The van der Waals surface area contributed by atoms with Crippen LogP contribution in [0.1, 0.15) is 12.0 Å². The summed E-state index contributed by atoms with van der Waals surface area (Å²) < 4.78 is 5.39. The van der Waals surface area contributed by atoms with Crippen molar-refractivity contribution in [1.82, 2.24) is 24.8 Å². The molecule has 4 rings (SSSR count). The Bertz CT molecular complexity index is 1080. The van der Waals surface area contributed by atoms with Crippen molar-refractivity contribution in [2.45, 2.75) is 18.2 Å². The molecule has 0 unspecified atom stereocenters. The van der Waals surface area contributed by atoms with Crippen molar-refractivity contribution in [3.8, 4) is 11.4 Å². The molecule has 2 aromatic heterocycles. The number of hydrogen-bond donors (Lipinski definition) is 0. The number of pyridine rings is 1. The molecule has 0 bridgehead atoms. The quantitative estimate of drug-likeness (QED) is 0.278. The van der Waals surface area contributed by atoms with Crippen LogP contribution in [-0.2, 0) is 20.9 Å². The van der Waals surface area contributed by atoms with E-state index in [1.165, 1.54) is 11.8 Å². The Kier molecular flexibility index (Phi) is 8.59. The van der Waals surface area contributed by atoms with Gasteiger partial charge in [0.15, 0.2) is 5.16 Å². The molecule has 0 spiro atoms. The Hall–Kier alpha value is -3.30. The summed E-state index contributed by atoms with van der Waals surface area (Å²) in [6.45, 7) is 3.16. The summed E-state index contributed by atoms with van der Waals surface area (Å²) in [4.78, 5) is 42.0. The fourth-order valence-electron chi connectivity index (χ4n) is 3.63. The maximum atomic E-state index is 12.8. The number of esters is 1. The van der Waals surface area contributed by atoms with Crippen LogP contribution in [0.4, 0.5) is 0 Å². The van der Waals surface area contributed by atoms with E-state index >= 15 is 0 Å². The summed E-state index contributed by atoms with van der Waals surface area (Å²) in [5, 5.41) is 0.550. The second-order valence-electron chi connectivity index (χ2n) is 7.88. The fraction of sp³-hybridized carbons (Fsp3) is 0.320. The van der Waals surface area contributed by atoms with Crippen LogP contribution in [-0.4, -0.2) is 75.1 Å². The van der Waals surface area contributed by atoms with Crippen molar-refractivity contribution < 1.29 is 14.3 Å². The summed E-state index contributed by atoms with van der Waals surface area (Å²) in [7, 11) is 0. The van der Waals surface area contributed by atoms with Crippen LogP contribution in [0.15, 0.2) is 72.1 Å². The third-order valence-electron chi connectivity index (χ3n) is 5.42. The normalized spacial score (nSPS) is 14.4. The van der Waals surface area contributed by atoms with E-state index in [0.717, 1.165) is 29.9 Å². The summed E-state index contributed by atoms with van der Waals surface area (Å²) in [6.07, 6.45) is 4.22. The Balaban J connectivity index is 1.22. The van der Waals surface area contributed by atoms with E-state index in [-0.39, 0.29) is 30.8 Å². The molecule has 0 radical (unpaired) electrons. The summed E-state index contributed by atoms with van der Waals surface area (Å²) in [5.74, 6) is 0.0691. The molecule has 34 heavy (non-hydrogen) atoms. The molecule has 0 saturated carbocycles. The highest BCUT2D eigenvalue weighted by molar-refractivity contribution is 7.99. The smallest absolute Gasteiger partial charge is 0.320 e. The SMILES string of the molecule is O=C(CN1CCCN(C(=O)CSc2nccc(-c3ccccn3)n2)CC1)OCc1ccccc1. The average molecular weight is 478 g/mol. The summed E-state index contributed by atoms with van der Waals surface area (Å²) >= 11 is 1.32. The lowest BCUT2D eigenvalue weighted by atomic mass is 10.2. The number of carbonyl (C=O) groups is 2. The second-order valence-corrected chi connectivity index (χ2v) is 8.83. The first-order chi connectivity index (χ1) is 16.7. The number of carbonyl (C=O) groups excluding carboxylic acids is 2.